The summed E-state index contributed by atoms with van der Waals surface area (Å²) < 4.78 is 5.53. The Morgan fingerprint density at radius 1 is 1.25 bits per heavy atom. The number of nitrogens with zero attached hydrogens (tertiary/aromatic N) is 1. The average molecular weight is 335 g/mol. The number of hydrogen-bond acceptors (Lipinski definition) is 4. The lowest BCUT2D eigenvalue weighted by molar-refractivity contribution is -0.133. The molecule has 24 heavy (non-hydrogen) atoms. The molecular weight excluding hydrogens is 306 g/mol. The Kier molecular flexibility index (Phi) is 8.26. The lowest BCUT2D eigenvalue weighted by atomic mass is 9.99. The minimum atomic E-state index is -0.552. The smallest absolute Gasteiger partial charge is 0.260 e. The van der Waals surface area contributed by atoms with E-state index in [9.17, 15) is 9.59 Å². The van der Waals surface area contributed by atoms with E-state index in [1.54, 1.807) is 29.2 Å². The third-order valence-electron chi connectivity index (χ3n) is 4.14. The maximum atomic E-state index is 12.1. The Balaban J connectivity index is 2.64. The van der Waals surface area contributed by atoms with Crippen LogP contribution < -0.4 is 15.8 Å². The van der Waals surface area contributed by atoms with Crippen molar-refractivity contribution < 1.29 is 14.3 Å². The van der Waals surface area contributed by atoms with Gasteiger partial charge in [0.2, 0.25) is 5.91 Å². The number of amides is 2. The Labute approximate surface area is 144 Å². The molecule has 0 aliphatic rings. The number of rotatable bonds is 9. The zero-order valence-corrected chi connectivity index (χ0v) is 15.0. The van der Waals surface area contributed by atoms with Gasteiger partial charge in [-0.05, 0) is 31.9 Å². The molecule has 2 amide bonds. The lowest BCUT2D eigenvalue weighted by Gasteiger charge is -2.19. The molecule has 134 valence electrons. The summed E-state index contributed by atoms with van der Waals surface area (Å²) in [5.74, 6) is 0.357. The summed E-state index contributed by atoms with van der Waals surface area (Å²) >= 11 is 0. The van der Waals surface area contributed by atoms with Crippen LogP contribution in [0.15, 0.2) is 24.3 Å². The van der Waals surface area contributed by atoms with E-state index in [0.717, 1.165) is 6.42 Å². The van der Waals surface area contributed by atoms with Crippen molar-refractivity contribution >= 4 is 17.5 Å². The molecule has 0 aliphatic heterocycles. The number of hydrogen-bond donors (Lipinski definition) is 2. The molecule has 6 heteroatoms. The number of carbonyl (C=O) groups excluding carboxylic acids is 2. The van der Waals surface area contributed by atoms with E-state index in [0.29, 0.717) is 24.5 Å². The average Bonchev–Trinajstić information content (AvgIpc) is 2.59. The third-order valence-corrected chi connectivity index (χ3v) is 4.14. The van der Waals surface area contributed by atoms with Crippen LogP contribution in [0, 0.1) is 5.92 Å². The molecule has 0 radical (unpaired) electrons. The van der Waals surface area contributed by atoms with Gasteiger partial charge in [0.05, 0.1) is 6.04 Å². The van der Waals surface area contributed by atoms with Gasteiger partial charge in [-0.3, -0.25) is 9.59 Å². The minimum Gasteiger partial charge on any atom is -0.484 e. The lowest BCUT2D eigenvalue weighted by Crippen LogP contribution is -2.40. The van der Waals surface area contributed by atoms with Crippen LogP contribution in [0.2, 0.25) is 0 Å². The van der Waals surface area contributed by atoms with Crippen LogP contribution in [-0.2, 0) is 9.59 Å². The predicted octanol–water partition coefficient (Wildman–Crippen LogP) is 2.25. The van der Waals surface area contributed by atoms with Gasteiger partial charge in [-0.2, -0.15) is 0 Å². The van der Waals surface area contributed by atoms with Gasteiger partial charge in [-0.25, -0.2) is 0 Å². The molecule has 1 aromatic rings. The largest absolute Gasteiger partial charge is 0.484 e. The molecule has 0 aliphatic carbocycles. The number of benzene rings is 1. The minimum absolute atomic E-state index is 0.0224. The molecule has 3 N–H and O–H groups in total. The number of likely N-dealkylation sites (N-methyl/N-ethyl adjacent to an activating group) is 1. The van der Waals surface area contributed by atoms with Gasteiger partial charge in [-0.15, -0.1) is 0 Å². The number of anilines is 1. The highest BCUT2D eigenvalue weighted by molar-refractivity contribution is 5.95. The van der Waals surface area contributed by atoms with Crippen LogP contribution in [-0.4, -0.2) is 42.5 Å². The highest BCUT2D eigenvalue weighted by Crippen LogP contribution is 2.18. The molecule has 0 bridgehead atoms. The summed E-state index contributed by atoms with van der Waals surface area (Å²) in [7, 11) is 0. The summed E-state index contributed by atoms with van der Waals surface area (Å²) in [6, 6.07) is 6.42. The first-order valence-electron chi connectivity index (χ1n) is 8.49. The Bertz CT molecular complexity index is 544. The molecule has 0 aromatic heterocycles. The van der Waals surface area contributed by atoms with Crippen molar-refractivity contribution in [2.75, 3.05) is 25.0 Å². The first-order chi connectivity index (χ1) is 11.4. The predicted molar refractivity (Wildman–Crippen MR) is 95.9 cm³/mol. The summed E-state index contributed by atoms with van der Waals surface area (Å²) in [6.07, 6.45) is 0.838. The fraction of sp³-hybridized carbons (Fsp3) is 0.556. The SMILES string of the molecule is CCC(C)C(N)C(=O)Nc1cccc(OCC(=O)N(CC)CC)c1. The van der Waals surface area contributed by atoms with Crippen LogP contribution >= 0.6 is 0 Å². The van der Waals surface area contributed by atoms with Gasteiger partial charge in [-0.1, -0.05) is 26.3 Å². The maximum absolute atomic E-state index is 12.1. The van der Waals surface area contributed by atoms with Crippen molar-refractivity contribution in [1.29, 1.82) is 0 Å². The van der Waals surface area contributed by atoms with Gasteiger partial charge < -0.3 is 20.7 Å². The molecular formula is C18H29N3O3. The highest BCUT2D eigenvalue weighted by atomic mass is 16.5. The van der Waals surface area contributed by atoms with Crippen LogP contribution in [0.1, 0.15) is 34.1 Å². The van der Waals surface area contributed by atoms with Crippen molar-refractivity contribution in [3.63, 3.8) is 0 Å². The second-order valence-corrected chi connectivity index (χ2v) is 5.78. The summed E-state index contributed by atoms with van der Waals surface area (Å²) in [4.78, 5) is 25.8. The normalized spacial score (nSPS) is 13.0. The molecule has 0 saturated heterocycles. The summed E-state index contributed by atoms with van der Waals surface area (Å²) in [6.45, 7) is 9.09. The zero-order valence-electron chi connectivity index (χ0n) is 15.0. The van der Waals surface area contributed by atoms with Crippen LogP contribution in [0.4, 0.5) is 5.69 Å². The Hall–Kier alpha value is -2.08. The van der Waals surface area contributed by atoms with Gasteiger partial charge in [0.25, 0.3) is 5.91 Å². The van der Waals surface area contributed by atoms with Gasteiger partial charge in [0, 0.05) is 24.8 Å². The van der Waals surface area contributed by atoms with E-state index in [4.69, 9.17) is 10.5 Å². The molecule has 1 rings (SSSR count). The molecule has 2 unspecified atom stereocenters. The van der Waals surface area contributed by atoms with Crippen molar-refractivity contribution in [3.8, 4) is 5.75 Å². The van der Waals surface area contributed by atoms with Crippen LogP contribution in [0.5, 0.6) is 5.75 Å². The zero-order chi connectivity index (χ0) is 18.1. The monoisotopic (exact) mass is 335 g/mol. The number of nitrogens with two attached hydrogens (primary N) is 1. The first kappa shape index (κ1) is 20.0. The van der Waals surface area contributed by atoms with Crippen molar-refractivity contribution in [2.24, 2.45) is 11.7 Å². The van der Waals surface area contributed by atoms with Crippen molar-refractivity contribution in [3.05, 3.63) is 24.3 Å². The standard InChI is InChI=1S/C18H29N3O3/c1-5-13(4)17(19)18(23)20-14-9-8-10-15(11-14)24-12-16(22)21(6-2)7-3/h8-11,13,17H,5-7,12,19H2,1-4H3,(H,20,23). The van der Waals surface area contributed by atoms with Crippen LogP contribution in [0.3, 0.4) is 0 Å². The quantitative estimate of drug-likeness (QED) is 0.725. The molecule has 0 fully saturated rings. The highest BCUT2D eigenvalue weighted by Gasteiger charge is 2.19. The van der Waals surface area contributed by atoms with Gasteiger partial charge in [0.1, 0.15) is 5.75 Å². The molecule has 0 saturated carbocycles. The number of ether oxygens (including phenoxy) is 1. The molecule has 2 atom stereocenters. The van der Waals surface area contributed by atoms with E-state index >= 15 is 0 Å². The second kappa shape index (κ2) is 9.93. The number of carbonyl (C=O) groups is 2. The van der Waals surface area contributed by atoms with E-state index in [-0.39, 0.29) is 24.3 Å². The molecule has 1 aromatic carbocycles. The number of nitrogens with one attached hydrogen (secondary N) is 1. The van der Waals surface area contributed by atoms with Gasteiger partial charge >= 0.3 is 0 Å². The summed E-state index contributed by atoms with van der Waals surface area (Å²) in [5, 5.41) is 2.79. The van der Waals surface area contributed by atoms with Crippen molar-refractivity contribution in [1.82, 2.24) is 4.90 Å². The Morgan fingerprint density at radius 2 is 1.92 bits per heavy atom. The Morgan fingerprint density at radius 3 is 2.50 bits per heavy atom. The fourth-order valence-electron chi connectivity index (χ4n) is 2.21. The van der Waals surface area contributed by atoms with E-state index < -0.39 is 6.04 Å². The summed E-state index contributed by atoms with van der Waals surface area (Å²) in [5.41, 5.74) is 6.53. The third kappa shape index (κ3) is 5.85. The topological polar surface area (TPSA) is 84.7 Å². The van der Waals surface area contributed by atoms with Gasteiger partial charge in [0.15, 0.2) is 6.61 Å². The second-order valence-electron chi connectivity index (χ2n) is 5.78. The van der Waals surface area contributed by atoms with E-state index in [1.165, 1.54) is 0 Å². The van der Waals surface area contributed by atoms with E-state index in [1.807, 2.05) is 27.7 Å². The van der Waals surface area contributed by atoms with Crippen LogP contribution in [0.25, 0.3) is 0 Å². The van der Waals surface area contributed by atoms with Crippen molar-refractivity contribution in [2.45, 2.75) is 40.2 Å². The molecule has 6 nitrogen and oxygen atoms in total. The van der Waals surface area contributed by atoms with E-state index in [2.05, 4.69) is 5.32 Å². The maximum Gasteiger partial charge on any atom is 0.260 e. The molecule has 0 spiro atoms. The fourth-order valence-corrected chi connectivity index (χ4v) is 2.21. The first-order valence-corrected chi connectivity index (χ1v) is 8.49. The molecule has 0 heterocycles.